The number of amides is 1. The van der Waals surface area contributed by atoms with E-state index in [0.717, 1.165) is 0 Å². The zero-order valence-corrected chi connectivity index (χ0v) is 11.0. The Balaban J connectivity index is 2.20. The van der Waals surface area contributed by atoms with Gasteiger partial charge in [0.1, 0.15) is 9.60 Å². The van der Waals surface area contributed by atoms with Gasteiger partial charge in [0.25, 0.3) is 5.91 Å². The van der Waals surface area contributed by atoms with E-state index in [1.165, 1.54) is 11.3 Å². The average Bonchev–Trinajstić information content (AvgIpc) is 2.58. The maximum Gasteiger partial charge on any atom is 0.259 e. The molecule has 2 aromatic rings. The molecular formula is C10H9BrN4OS. The van der Waals surface area contributed by atoms with Gasteiger partial charge >= 0.3 is 0 Å². The number of anilines is 3. The van der Waals surface area contributed by atoms with Gasteiger partial charge in [-0.1, -0.05) is 23.5 Å². The molecular weight excluding hydrogens is 304 g/mol. The van der Waals surface area contributed by atoms with E-state index in [9.17, 15) is 4.79 Å². The number of thiazole rings is 1. The van der Waals surface area contributed by atoms with Gasteiger partial charge < -0.3 is 11.5 Å². The number of rotatable bonds is 2. The van der Waals surface area contributed by atoms with Crippen molar-refractivity contribution in [3.63, 3.8) is 0 Å². The van der Waals surface area contributed by atoms with Crippen molar-refractivity contribution >= 4 is 49.0 Å². The number of nitrogens with one attached hydrogen (secondary N) is 1. The van der Waals surface area contributed by atoms with E-state index in [1.807, 2.05) is 0 Å². The molecule has 17 heavy (non-hydrogen) atoms. The highest BCUT2D eigenvalue weighted by molar-refractivity contribution is 9.10. The molecule has 0 spiro atoms. The Bertz CT molecular complexity index is 550. The second-order valence-electron chi connectivity index (χ2n) is 3.22. The second-order valence-corrected chi connectivity index (χ2v) is 5.00. The standard InChI is InChI=1S/C10H9BrN4OS/c11-7-8(13)17-10(14-7)15-9(16)5-3-1-2-4-6(5)12/h1-4H,12-13H2,(H,14,15,16). The number of halogens is 1. The van der Waals surface area contributed by atoms with Gasteiger partial charge in [0, 0.05) is 5.69 Å². The third-order valence-corrected chi connectivity index (χ3v) is 3.70. The molecule has 7 heteroatoms. The monoisotopic (exact) mass is 312 g/mol. The smallest absolute Gasteiger partial charge is 0.259 e. The quantitative estimate of drug-likeness (QED) is 0.742. The summed E-state index contributed by atoms with van der Waals surface area (Å²) < 4.78 is 0.527. The van der Waals surface area contributed by atoms with Crippen LogP contribution >= 0.6 is 27.3 Å². The van der Waals surface area contributed by atoms with E-state index in [2.05, 4.69) is 26.2 Å². The number of para-hydroxylation sites is 1. The van der Waals surface area contributed by atoms with Crippen molar-refractivity contribution in [1.82, 2.24) is 4.98 Å². The van der Waals surface area contributed by atoms with E-state index in [4.69, 9.17) is 11.5 Å². The minimum atomic E-state index is -0.302. The van der Waals surface area contributed by atoms with Crippen molar-refractivity contribution < 1.29 is 4.79 Å². The lowest BCUT2D eigenvalue weighted by atomic mass is 10.2. The first-order valence-corrected chi connectivity index (χ1v) is 6.26. The van der Waals surface area contributed by atoms with Gasteiger partial charge in [-0.2, -0.15) is 0 Å². The fourth-order valence-electron chi connectivity index (χ4n) is 1.24. The summed E-state index contributed by atoms with van der Waals surface area (Å²) in [6.07, 6.45) is 0. The topological polar surface area (TPSA) is 94.0 Å². The maximum atomic E-state index is 11.9. The van der Waals surface area contributed by atoms with Gasteiger partial charge in [0.2, 0.25) is 0 Å². The first kappa shape index (κ1) is 11.9. The molecule has 0 saturated carbocycles. The molecule has 0 unspecified atom stereocenters. The first-order chi connectivity index (χ1) is 8.08. The molecule has 0 atom stereocenters. The number of nitrogens with zero attached hydrogens (tertiary/aromatic N) is 1. The number of nitrogen functional groups attached to an aromatic ring is 2. The Hall–Kier alpha value is -1.60. The lowest BCUT2D eigenvalue weighted by Crippen LogP contribution is -2.13. The van der Waals surface area contributed by atoms with Crippen LogP contribution in [-0.4, -0.2) is 10.9 Å². The molecule has 88 valence electrons. The molecule has 2 rings (SSSR count). The third-order valence-electron chi connectivity index (χ3n) is 2.04. The van der Waals surface area contributed by atoms with E-state index in [1.54, 1.807) is 24.3 Å². The molecule has 0 fully saturated rings. The fraction of sp³-hybridized carbons (Fsp3) is 0. The molecule has 0 radical (unpaired) electrons. The van der Waals surface area contributed by atoms with Crippen molar-refractivity contribution in [2.75, 3.05) is 16.8 Å². The SMILES string of the molecule is Nc1ccccc1C(=O)Nc1nc(Br)c(N)s1. The number of carbonyl (C=O) groups excluding carboxylic acids is 1. The highest BCUT2D eigenvalue weighted by Crippen LogP contribution is 2.29. The van der Waals surface area contributed by atoms with Gasteiger partial charge in [-0.3, -0.25) is 10.1 Å². The van der Waals surface area contributed by atoms with E-state index in [0.29, 0.717) is 26.0 Å². The summed E-state index contributed by atoms with van der Waals surface area (Å²) in [5, 5.41) is 3.59. The summed E-state index contributed by atoms with van der Waals surface area (Å²) in [7, 11) is 0. The van der Waals surface area contributed by atoms with Crippen LogP contribution in [0.15, 0.2) is 28.9 Å². The number of carbonyl (C=O) groups is 1. The summed E-state index contributed by atoms with van der Waals surface area (Å²) in [6, 6.07) is 6.83. The van der Waals surface area contributed by atoms with E-state index in [-0.39, 0.29) is 5.91 Å². The van der Waals surface area contributed by atoms with Crippen LogP contribution in [0.1, 0.15) is 10.4 Å². The van der Waals surface area contributed by atoms with E-state index < -0.39 is 0 Å². The minimum Gasteiger partial charge on any atom is -0.398 e. The molecule has 0 saturated heterocycles. The molecule has 0 bridgehead atoms. The van der Waals surface area contributed by atoms with Crippen LogP contribution in [0.2, 0.25) is 0 Å². The van der Waals surface area contributed by atoms with Crippen LogP contribution in [0.25, 0.3) is 0 Å². The first-order valence-electron chi connectivity index (χ1n) is 4.65. The minimum absolute atomic E-state index is 0.302. The van der Waals surface area contributed by atoms with Crippen LogP contribution in [0.4, 0.5) is 15.8 Å². The zero-order valence-electron chi connectivity index (χ0n) is 8.61. The highest BCUT2D eigenvalue weighted by atomic mass is 79.9. The molecule has 1 aromatic carbocycles. The molecule has 0 aliphatic carbocycles. The summed E-state index contributed by atoms with van der Waals surface area (Å²) >= 11 is 4.37. The number of hydrogen-bond acceptors (Lipinski definition) is 5. The summed E-state index contributed by atoms with van der Waals surface area (Å²) in [5.74, 6) is -0.302. The lowest BCUT2D eigenvalue weighted by Gasteiger charge is -2.03. The van der Waals surface area contributed by atoms with Crippen LogP contribution in [0.5, 0.6) is 0 Å². The number of hydrogen-bond donors (Lipinski definition) is 3. The van der Waals surface area contributed by atoms with Crippen LogP contribution < -0.4 is 16.8 Å². The lowest BCUT2D eigenvalue weighted by molar-refractivity contribution is 0.102. The van der Waals surface area contributed by atoms with Gasteiger partial charge in [-0.15, -0.1) is 0 Å². The number of nitrogens with two attached hydrogens (primary N) is 2. The van der Waals surface area contributed by atoms with Crippen LogP contribution in [-0.2, 0) is 0 Å². The summed E-state index contributed by atoms with van der Waals surface area (Å²) in [6.45, 7) is 0. The number of aromatic nitrogens is 1. The third kappa shape index (κ3) is 2.56. The second kappa shape index (κ2) is 4.72. The van der Waals surface area contributed by atoms with Crippen LogP contribution in [0.3, 0.4) is 0 Å². The van der Waals surface area contributed by atoms with Crippen molar-refractivity contribution in [2.45, 2.75) is 0 Å². The van der Waals surface area contributed by atoms with Gasteiger partial charge in [0.15, 0.2) is 5.13 Å². The Morgan fingerprint density at radius 3 is 2.65 bits per heavy atom. The Morgan fingerprint density at radius 1 is 1.35 bits per heavy atom. The predicted molar refractivity (Wildman–Crippen MR) is 73.0 cm³/mol. The largest absolute Gasteiger partial charge is 0.398 e. The van der Waals surface area contributed by atoms with Gasteiger partial charge in [-0.25, -0.2) is 4.98 Å². The number of benzene rings is 1. The normalized spacial score (nSPS) is 10.2. The van der Waals surface area contributed by atoms with Crippen molar-refractivity contribution in [3.8, 4) is 0 Å². The van der Waals surface area contributed by atoms with E-state index >= 15 is 0 Å². The van der Waals surface area contributed by atoms with Crippen molar-refractivity contribution in [1.29, 1.82) is 0 Å². The van der Waals surface area contributed by atoms with Gasteiger partial charge in [-0.05, 0) is 28.1 Å². The molecule has 1 amide bonds. The fourth-order valence-corrected chi connectivity index (χ4v) is 2.39. The Kier molecular flexibility index (Phi) is 3.30. The summed E-state index contributed by atoms with van der Waals surface area (Å²) in [5.41, 5.74) is 12.2. The summed E-state index contributed by atoms with van der Waals surface area (Å²) in [4.78, 5) is 15.9. The Labute approximate surface area is 110 Å². The predicted octanol–water partition coefficient (Wildman–Crippen LogP) is 2.32. The Morgan fingerprint density at radius 2 is 2.06 bits per heavy atom. The molecule has 1 heterocycles. The van der Waals surface area contributed by atoms with Crippen molar-refractivity contribution in [3.05, 3.63) is 34.4 Å². The molecule has 5 N–H and O–H groups in total. The zero-order chi connectivity index (χ0) is 12.4. The van der Waals surface area contributed by atoms with Crippen LogP contribution in [0, 0.1) is 0 Å². The van der Waals surface area contributed by atoms with Crippen molar-refractivity contribution in [2.24, 2.45) is 0 Å². The average molecular weight is 313 g/mol. The molecule has 1 aromatic heterocycles. The maximum absolute atomic E-state index is 11.9. The van der Waals surface area contributed by atoms with Gasteiger partial charge in [0.05, 0.1) is 5.56 Å². The highest BCUT2D eigenvalue weighted by Gasteiger charge is 2.12. The molecule has 0 aliphatic rings. The molecule has 0 aliphatic heterocycles. The molecule has 5 nitrogen and oxygen atoms in total.